The van der Waals surface area contributed by atoms with Crippen molar-refractivity contribution in [2.75, 3.05) is 23.8 Å². The van der Waals surface area contributed by atoms with Gasteiger partial charge in [0.05, 0.1) is 17.4 Å². The van der Waals surface area contributed by atoms with Gasteiger partial charge in [-0.25, -0.2) is 0 Å². The van der Waals surface area contributed by atoms with Crippen molar-refractivity contribution in [2.24, 2.45) is 0 Å². The minimum absolute atomic E-state index is 0.323. The van der Waals surface area contributed by atoms with Crippen molar-refractivity contribution in [3.8, 4) is 11.5 Å². The number of carbonyl (C=O) groups excluding carboxylic acids is 1. The van der Waals surface area contributed by atoms with Crippen molar-refractivity contribution in [3.63, 3.8) is 0 Å². The van der Waals surface area contributed by atoms with Crippen molar-refractivity contribution in [1.29, 1.82) is 0 Å². The molecule has 0 atom stereocenters. The summed E-state index contributed by atoms with van der Waals surface area (Å²) in [5, 5.41) is 9.61. The van der Waals surface area contributed by atoms with Gasteiger partial charge in [-0.15, -0.1) is 0 Å². The number of hydrogen-bond acceptors (Lipinski definition) is 7. The molecule has 2 aromatic heterocycles. The molecular weight excluding hydrogens is 336 g/mol. The molecule has 0 unspecified atom stereocenters. The number of aryl methyl sites for hydroxylation is 1. The minimum atomic E-state index is -0.323. The highest BCUT2D eigenvalue weighted by atomic mass is 16.6. The maximum Gasteiger partial charge on any atom is 0.258 e. The van der Waals surface area contributed by atoms with Gasteiger partial charge < -0.3 is 24.6 Å². The molecule has 0 aliphatic carbocycles. The monoisotopic (exact) mass is 352 g/mol. The highest BCUT2D eigenvalue weighted by molar-refractivity contribution is 6.04. The largest absolute Gasteiger partial charge is 0.486 e. The molecule has 132 valence electrons. The van der Waals surface area contributed by atoms with E-state index in [2.05, 4.69) is 20.8 Å². The number of aromatic nitrogens is 2. The number of fused-ring (bicyclic) bond motifs is 1. The van der Waals surface area contributed by atoms with Crippen molar-refractivity contribution in [1.82, 2.24) is 10.1 Å². The topological polar surface area (TPSA) is 98.5 Å². The van der Waals surface area contributed by atoms with E-state index in [4.69, 9.17) is 14.0 Å². The van der Waals surface area contributed by atoms with Gasteiger partial charge in [-0.05, 0) is 25.1 Å². The normalized spacial score (nSPS) is 12.5. The van der Waals surface area contributed by atoms with Crippen LogP contribution in [0.1, 0.15) is 16.1 Å². The average molecular weight is 352 g/mol. The predicted octanol–water partition coefficient (Wildman–Crippen LogP) is 3.15. The van der Waals surface area contributed by atoms with E-state index < -0.39 is 0 Å². The number of pyridine rings is 1. The van der Waals surface area contributed by atoms with Gasteiger partial charge in [0.25, 0.3) is 5.91 Å². The van der Waals surface area contributed by atoms with Gasteiger partial charge in [0.15, 0.2) is 17.3 Å². The molecule has 1 aromatic carbocycles. The second-order valence-corrected chi connectivity index (χ2v) is 5.72. The Morgan fingerprint density at radius 3 is 2.69 bits per heavy atom. The van der Waals surface area contributed by atoms with Gasteiger partial charge in [0.2, 0.25) is 0 Å². The molecule has 0 saturated carbocycles. The second-order valence-electron chi connectivity index (χ2n) is 5.72. The van der Waals surface area contributed by atoms with Crippen LogP contribution >= 0.6 is 0 Å². The van der Waals surface area contributed by atoms with Gasteiger partial charge in [-0.3, -0.25) is 9.78 Å². The molecule has 0 fully saturated rings. The molecule has 8 heteroatoms. The Morgan fingerprint density at radius 1 is 1.04 bits per heavy atom. The number of carbonyl (C=O) groups is 1. The molecule has 0 spiro atoms. The van der Waals surface area contributed by atoms with Crippen LogP contribution in [-0.4, -0.2) is 29.3 Å². The zero-order valence-corrected chi connectivity index (χ0v) is 14.0. The molecular formula is C18H16N4O4. The number of rotatable bonds is 4. The first-order chi connectivity index (χ1) is 12.7. The third-order valence-electron chi connectivity index (χ3n) is 3.70. The number of ether oxygens (including phenoxy) is 2. The Bertz CT molecular complexity index is 954. The molecule has 1 amide bonds. The van der Waals surface area contributed by atoms with E-state index in [1.54, 1.807) is 25.3 Å². The van der Waals surface area contributed by atoms with E-state index >= 15 is 0 Å². The maximum absolute atomic E-state index is 12.3. The van der Waals surface area contributed by atoms with Crippen LogP contribution in [0.5, 0.6) is 11.5 Å². The first-order valence-electron chi connectivity index (χ1n) is 8.04. The molecule has 4 rings (SSSR count). The zero-order valence-electron chi connectivity index (χ0n) is 14.0. The van der Waals surface area contributed by atoms with Crippen molar-refractivity contribution < 1.29 is 18.8 Å². The summed E-state index contributed by atoms with van der Waals surface area (Å²) in [5.74, 6) is 2.06. The Hall–Kier alpha value is -3.55. The first kappa shape index (κ1) is 15.9. The number of benzene rings is 1. The third-order valence-corrected chi connectivity index (χ3v) is 3.70. The molecule has 1 aliphatic rings. The SMILES string of the molecule is Cc1cc(NC(=O)c2cncc(Nc3ccc4c(c3)OCCO4)c2)no1. The average Bonchev–Trinajstić information content (AvgIpc) is 3.06. The Kier molecular flexibility index (Phi) is 4.14. The van der Waals surface area contributed by atoms with Gasteiger partial charge in [-0.1, -0.05) is 5.16 Å². The number of hydrogen-bond donors (Lipinski definition) is 2. The van der Waals surface area contributed by atoms with Gasteiger partial charge >= 0.3 is 0 Å². The van der Waals surface area contributed by atoms with Crippen LogP contribution in [0.3, 0.4) is 0 Å². The van der Waals surface area contributed by atoms with Crippen LogP contribution in [-0.2, 0) is 0 Å². The van der Waals surface area contributed by atoms with Crippen LogP contribution in [0.2, 0.25) is 0 Å². The summed E-state index contributed by atoms with van der Waals surface area (Å²) in [5.41, 5.74) is 1.87. The summed E-state index contributed by atoms with van der Waals surface area (Å²) in [6.45, 7) is 2.82. The predicted molar refractivity (Wildman–Crippen MR) is 94.1 cm³/mol. The second kappa shape index (κ2) is 6.75. The number of amides is 1. The summed E-state index contributed by atoms with van der Waals surface area (Å²) in [6.07, 6.45) is 3.12. The summed E-state index contributed by atoms with van der Waals surface area (Å²) >= 11 is 0. The van der Waals surface area contributed by atoms with Crippen LogP contribution in [0.15, 0.2) is 47.2 Å². The molecule has 0 radical (unpaired) electrons. The highest BCUT2D eigenvalue weighted by Gasteiger charge is 2.13. The lowest BCUT2D eigenvalue weighted by Gasteiger charge is -2.19. The summed E-state index contributed by atoms with van der Waals surface area (Å²) in [4.78, 5) is 16.4. The van der Waals surface area contributed by atoms with Crippen LogP contribution < -0.4 is 20.1 Å². The fourth-order valence-corrected chi connectivity index (χ4v) is 2.53. The van der Waals surface area contributed by atoms with Crippen molar-refractivity contribution >= 4 is 23.1 Å². The summed E-state index contributed by atoms with van der Waals surface area (Å²) < 4.78 is 16.0. The summed E-state index contributed by atoms with van der Waals surface area (Å²) in [7, 11) is 0. The lowest BCUT2D eigenvalue weighted by Crippen LogP contribution is -2.15. The molecule has 3 aromatic rings. The Balaban J connectivity index is 1.49. The Labute approximate surface area is 149 Å². The zero-order chi connectivity index (χ0) is 17.9. The lowest BCUT2D eigenvalue weighted by molar-refractivity contribution is 0.102. The Morgan fingerprint density at radius 2 is 1.88 bits per heavy atom. The number of anilines is 3. The minimum Gasteiger partial charge on any atom is -0.486 e. The van der Waals surface area contributed by atoms with E-state index in [1.807, 2.05) is 18.2 Å². The van der Waals surface area contributed by atoms with Crippen molar-refractivity contribution in [2.45, 2.75) is 6.92 Å². The molecule has 0 saturated heterocycles. The highest BCUT2D eigenvalue weighted by Crippen LogP contribution is 2.33. The lowest BCUT2D eigenvalue weighted by atomic mass is 10.2. The maximum atomic E-state index is 12.3. The van der Waals surface area contributed by atoms with E-state index in [0.29, 0.717) is 41.8 Å². The third kappa shape index (κ3) is 3.44. The van der Waals surface area contributed by atoms with Crippen LogP contribution in [0.25, 0.3) is 0 Å². The number of nitrogens with zero attached hydrogens (tertiary/aromatic N) is 2. The first-order valence-corrected chi connectivity index (χ1v) is 8.04. The fraction of sp³-hybridized carbons (Fsp3) is 0.167. The molecule has 1 aliphatic heterocycles. The van der Waals surface area contributed by atoms with Crippen molar-refractivity contribution in [3.05, 3.63) is 54.0 Å². The van der Waals surface area contributed by atoms with Crippen LogP contribution in [0.4, 0.5) is 17.2 Å². The van der Waals surface area contributed by atoms with Gasteiger partial charge in [0, 0.05) is 24.0 Å². The van der Waals surface area contributed by atoms with Gasteiger partial charge in [-0.2, -0.15) is 0 Å². The molecule has 8 nitrogen and oxygen atoms in total. The molecule has 26 heavy (non-hydrogen) atoms. The number of nitrogens with one attached hydrogen (secondary N) is 2. The van der Waals surface area contributed by atoms with Gasteiger partial charge in [0.1, 0.15) is 19.0 Å². The fourth-order valence-electron chi connectivity index (χ4n) is 2.53. The van der Waals surface area contributed by atoms with E-state index in [1.165, 1.54) is 6.20 Å². The quantitative estimate of drug-likeness (QED) is 0.744. The standard InChI is InChI=1S/C18H16N4O4/c1-11-6-17(22-26-11)21-18(23)12-7-14(10-19-9-12)20-13-2-3-15-16(8-13)25-5-4-24-15/h2-3,6-10,20H,4-5H2,1H3,(H,21,22,23). The smallest absolute Gasteiger partial charge is 0.258 e. The summed E-state index contributed by atoms with van der Waals surface area (Å²) in [6, 6.07) is 8.90. The molecule has 3 heterocycles. The molecule has 2 N–H and O–H groups in total. The van der Waals surface area contributed by atoms with Crippen LogP contribution in [0, 0.1) is 6.92 Å². The van der Waals surface area contributed by atoms with E-state index in [9.17, 15) is 4.79 Å². The van der Waals surface area contributed by atoms with E-state index in [-0.39, 0.29) is 5.91 Å². The van der Waals surface area contributed by atoms with E-state index in [0.717, 1.165) is 11.4 Å². The molecule has 0 bridgehead atoms.